The highest BCUT2D eigenvalue weighted by Gasteiger charge is 2.25. The van der Waals surface area contributed by atoms with Gasteiger partial charge in [0.1, 0.15) is 16.7 Å². The maximum absolute atomic E-state index is 12.5. The molecule has 1 atom stereocenters. The lowest BCUT2D eigenvalue weighted by atomic mass is 10.3. The number of benzene rings is 2. The van der Waals surface area contributed by atoms with E-state index in [-0.39, 0.29) is 22.5 Å². The third-order valence-corrected chi connectivity index (χ3v) is 5.54. The van der Waals surface area contributed by atoms with E-state index >= 15 is 0 Å². The van der Waals surface area contributed by atoms with Crippen LogP contribution in [0, 0.1) is 0 Å². The van der Waals surface area contributed by atoms with Crippen molar-refractivity contribution in [3.05, 3.63) is 53.2 Å². The van der Waals surface area contributed by atoms with Gasteiger partial charge in [0.25, 0.3) is 0 Å². The van der Waals surface area contributed by atoms with Crippen LogP contribution in [0.2, 0.25) is 0 Å². The van der Waals surface area contributed by atoms with Crippen LogP contribution in [0.1, 0.15) is 6.92 Å². The van der Waals surface area contributed by atoms with Crippen molar-refractivity contribution in [1.29, 1.82) is 0 Å². The van der Waals surface area contributed by atoms with Crippen molar-refractivity contribution in [3.63, 3.8) is 0 Å². The number of carbonyl (C=O) groups excluding carboxylic acids is 1. The molecule has 13 heteroatoms. The van der Waals surface area contributed by atoms with Gasteiger partial charge in [-0.2, -0.15) is 16.8 Å². The summed E-state index contributed by atoms with van der Waals surface area (Å²) in [5.41, 5.74) is 0.522. The van der Waals surface area contributed by atoms with Crippen molar-refractivity contribution in [1.82, 2.24) is 5.32 Å². The molecular weight excluding hydrogens is 436 g/mol. The fourth-order valence-electron chi connectivity index (χ4n) is 2.62. The predicted octanol–water partition coefficient (Wildman–Crippen LogP) is -1.59. The maximum Gasteiger partial charge on any atom is 0.339 e. The number of hydrogen-bond acceptors (Lipinski definition) is 10. The molecule has 0 aliphatic carbocycles. The third kappa shape index (κ3) is 5.12. The van der Waals surface area contributed by atoms with Gasteiger partial charge in [-0.3, -0.25) is 0 Å². The minimum Gasteiger partial charge on any atom is -0.530 e. The molecular formula is C17H15N4O7S2-. The Morgan fingerprint density at radius 1 is 1.17 bits per heavy atom. The first-order valence-corrected chi connectivity index (χ1v) is 10.9. The highest BCUT2D eigenvalue weighted by Crippen LogP contribution is 2.19. The Balaban J connectivity index is 1.78. The summed E-state index contributed by atoms with van der Waals surface area (Å²) in [6.07, 6.45) is -1.55. The fourth-order valence-corrected chi connectivity index (χ4v) is 3.77. The molecule has 0 saturated heterocycles. The zero-order valence-electron chi connectivity index (χ0n) is 15.4. The molecule has 2 aromatic carbocycles. The van der Waals surface area contributed by atoms with Gasteiger partial charge in [0.15, 0.2) is 0 Å². The first-order valence-electron chi connectivity index (χ1n) is 8.35. The molecule has 0 radical (unpaired) electrons. The minimum atomic E-state index is -4.16. The molecule has 1 amide bonds. The minimum absolute atomic E-state index is 0.0277. The molecule has 0 fully saturated rings. The summed E-state index contributed by atoms with van der Waals surface area (Å²) < 4.78 is 51.1. The lowest BCUT2D eigenvalue weighted by Crippen LogP contribution is -2.48. The van der Waals surface area contributed by atoms with Gasteiger partial charge in [0, 0.05) is 25.2 Å². The van der Waals surface area contributed by atoms with Crippen LogP contribution in [0.5, 0.6) is 5.75 Å². The van der Waals surface area contributed by atoms with Crippen molar-refractivity contribution < 1.29 is 30.9 Å². The van der Waals surface area contributed by atoms with Crippen molar-refractivity contribution >= 4 is 37.6 Å². The number of fused-ring (bicyclic) bond motifs is 1. The van der Waals surface area contributed by atoms with Crippen LogP contribution >= 0.6 is 0 Å². The number of carboxylic acid groups (broad SMARTS) is 1. The van der Waals surface area contributed by atoms with E-state index in [9.17, 15) is 26.7 Å². The summed E-state index contributed by atoms with van der Waals surface area (Å²) in [6.45, 7) is 1.48. The second-order valence-electron chi connectivity index (χ2n) is 6.18. The fraction of sp³-hybridized carbons (Fsp3) is 0.176. The van der Waals surface area contributed by atoms with Gasteiger partial charge in [-0.05, 0) is 36.4 Å². The first kappa shape index (κ1) is 21.3. The van der Waals surface area contributed by atoms with E-state index in [1.807, 2.05) is 0 Å². The number of nitrogens with zero attached hydrogens (tertiary/aromatic N) is 2. The van der Waals surface area contributed by atoms with Crippen molar-refractivity contribution in [2.75, 3.05) is 11.9 Å². The molecule has 1 aliphatic rings. The number of amides is 1. The zero-order chi connectivity index (χ0) is 21.9. The summed E-state index contributed by atoms with van der Waals surface area (Å²) in [5, 5.41) is 17.2. The summed E-state index contributed by atoms with van der Waals surface area (Å²) in [5.74, 6) is -1.49. The van der Waals surface area contributed by atoms with Gasteiger partial charge in [-0.1, -0.05) is 0 Å². The van der Waals surface area contributed by atoms with Gasteiger partial charge in [-0.15, -0.1) is 0 Å². The molecule has 2 N–H and O–H groups in total. The van der Waals surface area contributed by atoms with Crippen LogP contribution in [0.15, 0.2) is 57.3 Å². The second kappa shape index (κ2) is 8.12. The summed E-state index contributed by atoms with van der Waals surface area (Å²) >= 11 is 0. The van der Waals surface area contributed by atoms with E-state index in [0.717, 1.165) is 5.37 Å². The van der Waals surface area contributed by atoms with E-state index in [1.165, 1.54) is 49.4 Å². The molecule has 158 valence electrons. The first-order chi connectivity index (χ1) is 14.1. The Hall–Kier alpha value is -3.45. The van der Waals surface area contributed by atoms with Crippen molar-refractivity contribution in [2.45, 2.75) is 17.6 Å². The van der Waals surface area contributed by atoms with Crippen LogP contribution in [-0.2, 0) is 20.4 Å². The number of carbonyl (C=O) groups is 1. The Morgan fingerprint density at radius 3 is 2.47 bits per heavy atom. The molecule has 1 heterocycles. The van der Waals surface area contributed by atoms with Gasteiger partial charge < -0.3 is 24.7 Å². The van der Waals surface area contributed by atoms with Gasteiger partial charge in [0.05, 0.1) is 16.1 Å². The van der Waals surface area contributed by atoms with Gasteiger partial charge >= 0.3 is 10.1 Å². The topological polar surface area (TPSA) is 166 Å². The maximum atomic E-state index is 12.5. The molecule has 0 bridgehead atoms. The predicted molar refractivity (Wildman–Crippen MR) is 103 cm³/mol. The molecule has 0 saturated carbocycles. The largest absolute Gasteiger partial charge is 0.530 e. The molecule has 0 spiro atoms. The summed E-state index contributed by atoms with van der Waals surface area (Å²) in [7, 11) is -6.45. The van der Waals surface area contributed by atoms with E-state index in [2.05, 4.69) is 20.6 Å². The molecule has 2 aromatic rings. The zero-order valence-corrected chi connectivity index (χ0v) is 17.0. The molecule has 1 aliphatic heterocycles. The Labute approximate surface area is 172 Å². The normalized spacial score (nSPS) is 17.1. The standard InChI is InChI=1S/C17H16N4O7S2/c1-17(21-16(22)23)19-14-7-4-12(10-15(14)20-17)28-30(26,27)13-5-2-11(3-6-13)18-8-9-29(24)25/h2-7,9-10,18,21H,8H2,1H3,(H,22,23)/p-1. The molecule has 30 heavy (non-hydrogen) atoms. The van der Waals surface area contributed by atoms with E-state index in [4.69, 9.17) is 4.18 Å². The van der Waals surface area contributed by atoms with E-state index in [1.54, 1.807) is 0 Å². The monoisotopic (exact) mass is 451 g/mol. The van der Waals surface area contributed by atoms with Gasteiger partial charge in [-0.25, -0.2) is 9.98 Å². The van der Waals surface area contributed by atoms with Crippen LogP contribution in [0.25, 0.3) is 0 Å². The molecule has 11 nitrogen and oxygen atoms in total. The molecule has 0 aromatic heterocycles. The average molecular weight is 451 g/mol. The Kier molecular flexibility index (Phi) is 5.75. The highest BCUT2D eigenvalue weighted by atomic mass is 32.2. The SMILES string of the molecule is CC1(NC(=O)[O-])N=c2ccc(OS(=O)(=O)c3ccc(NCC=S(=O)=O)cc3)cc2=N1. The van der Waals surface area contributed by atoms with Crippen LogP contribution < -0.4 is 30.6 Å². The van der Waals surface area contributed by atoms with Crippen molar-refractivity contribution in [2.24, 2.45) is 9.98 Å². The van der Waals surface area contributed by atoms with Crippen LogP contribution in [-0.4, -0.2) is 40.6 Å². The molecule has 3 rings (SSSR count). The molecule has 1 unspecified atom stereocenters. The Morgan fingerprint density at radius 2 is 1.83 bits per heavy atom. The van der Waals surface area contributed by atoms with Gasteiger partial charge in [0.2, 0.25) is 16.1 Å². The highest BCUT2D eigenvalue weighted by molar-refractivity contribution is 7.87. The number of nitrogens with one attached hydrogen (secondary N) is 2. The summed E-state index contributed by atoms with van der Waals surface area (Å²) in [6, 6.07) is 9.69. The third-order valence-electron chi connectivity index (χ3n) is 3.84. The van der Waals surface area contributed by atoms with Crippen LogP contribution in [0.3, 0.4) is 0 Å². The van der Waals surface area contributed by atoms with E-state index in [0.29, 0.717) is 11.0 Å². The van der Waals surface area contributed by atoms with Crippen molar-refractivity contribution in [3.8, 4) is 5.75 Å². The lowest BCUT2D eigenvalue weighted by Gasteiger charge is -2.20. The Bertz CT molecular complexity index is 1350. The quantitative estimate of drug-likeness (QED) is 0.375. The lowest BCUT2D eigenvalue weighted by molar-refractivity contribution is -0.252. The number of rotatable bonds is 7. The summed E-state index contributed by atoms with van der Waals surface area (Å²) in [4.78, 5) is 18.9. The van der Waals surface area contributed by atoms with Crippen LogP contribution in [0.4, 0.5) is 10.5 Å². The number of anilines is 1. The van der Waals surface area contributed by atoms with E-state index < -0.39 is 32.3 Å². The smallest absolute Gasteiger partial charge is 0.339 e. The number of hydrogen-bond donors (Lipinski definition) is 2. The average Bonchev–Trinajstić information content (AvgIpc) is 2.95. The second-order valence-corrected chi connectivity index (χ2v) is 8.58.